The summed E-state index contributed by atoms with van der Waals surface area (Å²) >= 11 is 0. The Bertz CT molecular complexity index is 386. The summed E-state index contributed by atoms with van der Waals surface area (Å²) in [5, 5.41) is 11.1. The number of amides is 1. The Morgan fingerprint density at radius 1 is 1.29 bits per heavy atom. The fraction of sp³-hybridized carbons (Fsp3) is 0.333. The van der Waals surface area contributed by atoms with E-state index in [-0.39, 0.29) is 12.5 Å². The molecule has 1 aromatic carbocycles. The van der Waals surface area contributed by atoms with Crippen LogP contribution in [0.4, 0.5) is 0 Å². The number of nitrogens with one attached hydrogen (secondary N) is 1. The molecule has 0 spiro atoms. The van der Waals surface area contributed by atoms with Gasteiger partial charge in [0.2, 0.25) is 5.91 Å². The van der Waals surface area contributed by atoms with Gasteiger partial charge in [0.25, 0.3) is 0 Å². The smallest absolute Gasteiger partial charge is 0.341 e. The van der Waals surface area contributed by atoms with Crippen molar-refractivity contribution in [1.29, 1.82) is 0 Å². The van der Waals surface area contributed by atoms with Crippen molar-refractivity contribution < 1.29 is 19.4 Å². The number of aliphatic carboxylic acids is 1. The first-order valence-electron chi connectivity index (χ1n) is 5.26. The van der Waals surface area contributed by atoms with Crippen LogP contribution < -0.4 is 10.1 Å². The van der Waals surface area contributed by atoms with Gasteiger partial charge in [-0.2, -0.15) is 0 Å². The summed E-state index contributed by atoms with van der Waals surface area (Å²) in [5.41, 5.74) is 1.06. The van der Waals surface area contributed by atoms with Crippen LogP contribution in [0, 0.1) is 0 Å². The third-order valence-corrected chi connectivity index (χ3v) is 2.07. The number of carboxylic acids is 1. The number of ether oxygens (including phenoxy) is 1. The van der Waals surface area contributed by atoms with E-state index in [0.717, 1.165) is 12.0 Å². The molecule has 92 valence electrons. The molecule has 0 atom stereocenters. The summed E-state index contributed by atoms with van der Waals surface area (Å²) in [6, 6.07) is 7.12. The van der Waals surface area contributed by atoms with Crippen LogP contribution in [0.3, 0.4) is 0 Å². The number of hydrogen-bond acceptors (Lipinski definition) is 3. The highest BCUT2D eigenvalue weighted by molar-refractivity contribution is 5.72. The van der Waals surface area contributed by atoms with E-state index in [2.05, 4.69) is 5.32 Å². The Morgan fingerprint density at radius 3 is 2.47 bits per heavy atom. The summed E-state index contributed by atoms with van der Waals surface area (Å²) in [6.45, 7) is 1.72. The van der Waals surface area contributed by atoms with Gasteiger partial charge in [0.05, 0.1) is 0 Å². The minimum absolute atomic E-state index is 0.0496. The van der Waals surface area contributed by atoms with Gasteiger partial charge in [-0.05, 0) is 24.1 Å². The summed E-state index contributed by atoms with van der Waals surface area (Å²) < 4.78 is 5.00. The van der Waals surface area contributed by atoms with E-state index >= 15 is 0 Å². The third-order valence-electron chi connectivity index (χ3n) is 2.07. The van der Waals surface area contributed by atoms with Crippen molar-refractivity contribution in [3.05, 3.63) is 29.8 Å². The molecule has 0 fully saturated rings. The second kappa shape index (κ2) is 6.52. The molecular formula is C12H15NO4. The van der Waals surface area contributed by atoms with Gasteiger partial charge in [0, 0.05) is 13.5 Å². The quantitative estimate of drug-likeness (QED) is 0.768. The molecule has 1 aromatic rings. The molecule has 17 heavy (non-hydrogen) atoms. The Balaban J connectivity index is 2.39. The van der Waals surface area contributed by atoms with Crippen molar-refractivity contribution in [2.45, 2.75) is 13.3 Å². The maximum absolute atomic E-state index is 10.7. The van der Waals surface area contributed by atoms with E-state index in [9.17, 15) is 9.59 Å². The molecule has 2 N–H and O–H groups in total. The van der Waals surface area contributed by atoms with Gasteiger partial charge in [-0.3, -0.25) is 4.79 Å². The van der Waals surface area contributed by atoms with Crippen molar-refractivity contribution in [2.24, 2.45) is 0 Å². The zero-order chi connectivity index (χ0) is 12.7. The molecule has 0 aliphatic carbocycles. The van der Waals surface area contributed by atoms with Crippen LogP contribution in [0.25, 0.3) is 0 Å². The van der Waals surface area contributed by atoms with Crippen molar-refractivity contribution in [3.8, 4) is 5.75 Å². The van der Waals surface area contributed by atoms with Gasteiger partial charge >= 0.3 is 5.97 Å². The molecule has 1 amide bonds. The van der Waals surface area contributed by atoms with Crippen LogP contribution in [0.1, 0.15) is 12.5 Å². The minimum atomic E-state index is -1.00. The van der Waals surface area contributed by atoms with Gasteiger partial charge in [0.1, 0.15) is 5.75 Å². The number of carbonyl (C=O) groups is 2. The topological polar surface area (TPSA) is 75.6 Å². The minimum Gasteiger partial charge on any atom is -0.482 e. The van der Waals surface area contributed by atoms with Crippen molar-refractivity contribution in [3.63, 3.8) is 0 Å². The Hall–Kier alpha value is -2.04. The molecule has 0 radical (unpaired) electrons. The van der Waals surface area contributed by atoms with Crippen LogP contribution >= 0.6 is 0 Å². The lowest BCUT2D eigenvalue weighted by molar-refractivity contribution is -0.139. The fourth-order valence-electron chi connectivity index (χ4n) is 1.28. The highest BCUT2D eigenvalue weighted by Crippen LogP contribution is 2.12. The molecule has 0 heterocycles. The zero-order valence-corrected chi connectivity index (χ0v) is 9.60. The van der Waals surface area contributed by atoms with Gasteiger partial charge in [-0.1, -0.05) is 12.1 Å². The SMILES string of the molecule is CC(=O)NCCc1ccc(OCC(=O)O)cc1. The number of hydrogen-bond donors (Lipinski definition) is 2. The molecule has 5 nitrogen and oxygen atoms in total. The lowest BCUT2D eigenvalue weighted by Crippen LogP contribution is -2.22. The first-order valence-corrected chi connectivity index (χ1v) is 5.26. The van der Waals surface area contributed by atoms with Crippen LogP contribution in [0.2, 0.25) is 0 Å². The second-order valence-electron chi connectivity index (χ2n) is 3.56. The lowest BCUT2D eigenvalue weighted by Gasteiger charge is -2.05. The number of benzene rings is 1. The monoisotopic (exact) mass is 237 g/mol. The van der Waals surface area contributed by atoms with E-state index < -0.39 is 5.97 Å². The largest absolute Gasteiger partial charge is 0.482 e. The number of carbonyl (C=O) groups excluding carboxylic acids is 1. The van der Waals surface area contributed by atoms with Crippen molar-refractivity contribution in [2.75, 3.05) is 13.2 Å². The van der Waals surface area contributed by atoms with Crippen LogP contribution in [-0.4, -0.2) is 30.1 Å². The van der Waals surface area contributed by atoms with E-state index in [1.807, 2.05) is 12.1 Å². The molecule has 1 rings (SSSR count). The average Bonchev–Trinajstić information content (AvgIpc) is 2.27. The first kappa shape index (κ1) is 13.0. The molecule has 0 aliphatic heterocycles. The van der Waals surface area contributed by atoms with E-state index in [1.165, 1.54) is 6.92 Å². The van der Waals surface area contributed by atoms with Gasteiger partial charge in [-0.15, -0.1) is 0 Å². The normalized spacial score (nSPS) is 9.71. The van der Waals surface area contributed by atoms with E-state index in [0.29, 0.717) is 12.3 Å². The first-order chi connectivity index (χ1) is 8.08. The maximum atomic E-state index is 10.7. The molecule has 0 unspecified atom stereocenters. The number of carboxylic acid groups (broad SMARTS) is 1. The summed E-state index contributed by atoms with van der Waals surface area (Å²) in [6.07, 6.45) is 0.735. The highest BCUT2D eigenvalue weighted by Gasteiger charge is 1.99. The van der Waals surface area contributed by atoms with E-state index in [4.69, 9.17) is 9.84 Å². The lowest BCUT2D eigenvalue weighted by atomic mass is 10.1. The predicted molar refractivity (Wildman–Crippen MR) is 62.0 cm³/mol. The van der Waals surface area contributed by atoms with Crippen molar-refractivity contribution >= 4 is 11.9 Å². The molecular weight excluding hydrogens is 222 g/mol. The van der Waals surface area contributed by atoms with Gasteiger partial charge in [-0.25, -0.2) is 4.79 Å². The fourth-order valence-corrected chi connectivity index (χ4v) is 1.28. The van der Waals surface area contributed by atoms with Crippen LogP contribution in [-0.2, 0) is 16.0 Å². The van der Waals surface area contributed by atoms with Crippen LogP contribution in [0.5, 0.6) is 5.75 Å². The molecule has 0 saturated carbocycles. The van der Waals surface area contributed by atoms with Gasteiger partial charge < -0.3 is 15.2 Å². The second-order valence-corrected chi connectivity index (χ2v) is 3.56. The molecule has 0 bridgehead atoms. The molecule has 0 saturated heterocycles. The average molecular weight is 237 g/mol. The molecule has 0 aliphatic rings. The maximum Gasteiger partial charge on any atom is 0.341 e. The predicted octanol–water partition coefficient (Wildman–Crippen LogP) is 0.829. The Labute approximate surface area is 99.4 Å². The highest BCUT2D eigenvalue weighted by atomic mass is 16.5. The Kier molecular flexibility index (Phi) is 5.00. The van der Waals surface area contributed by atoms with Crippen LogP contribution in [0.15, 0.2) is 24.3 Å². The zero-order valence-electron chi connectivity index (χ0n) is 9.60. The standard InChI is InChI=1S/C12H15NO4/c1-9(14)13-7-6-10-2-4-11(5-3-10)17-8-12(15)16/h2-5H,6-8H2,1H3,(H,13,14)(H,15,16). The van der Waals surface area contributed by atoms with E-state index in [1.54, 1.807) is 12.1 Å². The van der Waals surface area contributed by atoms with Crippen molar-refractivity contribution in [1.82, 2.24) is 5.32 Å². The summed E-state index contributed by atoms with van der Waals surface area (Å²) in [5.74, 6) is -0.526. The molecule has 0 aromatic heterocycles. The molecule has 5 heteroatoms. The van der Waals surface area contributed by atoms with Gasteiger partial charge in [0.15, 0.2) is 6.61 Å². The summed E-state index contributed by atoms with van der Waals surface area (Å²) in [4.78, 5) is 20.9. The number of rotatable bonds is 6. The Morgan fingerprint density at radius 2 is 1.94 bits per heavy atom. The summed E-state index contributed by atoms with van der Waals surface area (Å²) in [7, 11) is 0. The third kappa shape index (κ3) is 5.55.